The van der Waals surface area contributed by atoms with E-state index in [4.69, 9.17) is 11.6 Å². The van der Waals surface area contributed by atoms with Crippen LogP contribution in [0.25, 0.3) is 10.9 Å². The zero-order valence-electron chi connectivity index (χ0n) is 13.2. The molecular weight excluding hydrogens is 348 g/mol. The van der Waals surface area contributed by atoms with Crippen molar-refractivity contribution in [1.82, 2.24) is 4.98 Å². The molecule has 0 bridgehead atoms. The van der Waals surface area contributed by atoms with Gasteiger partial charge in [-0.2, -0.15) is 13.9 Å². The number of hydrazone groups is 1. The van der Waals surface area contributed by atoms with Gasteiger partial charge in [0, 0.05) is 22.2 Å². The summed E-state index contributed by atoms with van der Waals surface area (Å²) in [7, 11) is 0. The van der Waals surface area contributed by atoms with E-state index >= 15 is 0 Å². The number of para-hydroxylation sites is 1. The van der Waals surface area contributed by atoms with Gasteiger partial charge in [-0.3, -0.25) is 10.4 Å². The molecule has 0 aliphatic rings. The van der Waals surface area contributed by atoms with Gasteiger partial charge >= 0.3 is 6.61 Å². The molecule has 0 saturated carbocycles. The van der Waals surface area contributed by atoms with Gasteiger partial charge in [-0.05, 0) is 43.3 Å². The van der Waals surface area contributed by atoms with Gasteiger partial charge in [0.15, 0.2) is 0 Å². The van der Waals surface area contributed by atoms with Crippen molar-refractivity contribution in [2.75, 3.05) is 5.43 Å². The Morgan fingerprint density at radius 2 is 2.00 bits per heavy atom. The largest absolute Gasteiger partial charge is 0.434 e. The number of rotatable bonds is 5. The fourth-order valence-electron chi connectivity index (χ4n) is 2.39. The maximum atomic E-state index is 12.5. The summed E-state index contributed by atoms with van der Waals surface area (Å²) in [6.45, 7) is -1.18. The lowest BCUT2D eigenvalue weighted by atomic mass is 10.1. The second-order valence-electron chi connectivity index (χ2n) is 5.20. The van der Waals surface area contributed by atoms with Crippen LogP contribution in [0.1, 0.15) is 12.5 Å². The molecule has 1 N–H and O–H groups in total. The van der Waals surface area contributed by atoms with Crippen LogP contribution in [0.5, 0.6) is 5.75 Å². The van der Waals surface area contributed by atoms with Gasteiger partial charge in [0.2, 0.25) is 0 Å². The Balaban J connectivity index is 1.90. The third-order valence-electron chi connectivity index (χ3n) is 3.54. The van der Waals surface area contributed by atoms with E-state index in [0.29, 0.717) is 16.3 Å². The number of aromatic nitrogens is 1. The second kappa shape index (κ2) is 7.44. The summed E-state index contributed by atoms with van der Waals surface area (Å²) in [6, 6.07) is 13.6. The highest BCUT2D eigenvalue weighted by molar-refractivity contribution is 6.31. The van der Waals surface area contributed by atoms with E-state index in [1.54, 1.807) is 49.5 Å². The molecule has 0 fully saturated rings. The maximum Gasteiger partial charge on any atom is 0.387 e. The summed E-state index contributed by atoms with van der Waals surface area (Å²) in [5.74, 6) is 0.0759. The van der Waals surface area contributed by atoms with E-state index in [1.165, 1.54) is 6.07 Å². The molecule has 0 saturated heterocycles. The summed E-state index contributed by atoms with van der Waals surface area (Å²) in [6.07, 6.45) is 1.64. The lowest BCUT2D eigenvalue weighted by Crippen LogP contribution is -2.08. The third-order valence-corrected chi connectivity index (χ3v) is 3.78. The monoisotopic (exact) mass is 361 g/mol. The number of alkyl halides is 2. The number of ether oxygens (including phenoxy) is 1. The van der Waals surface area contributed by atoms with Crippen LogP contribution in [0, 0.1) is 0 Å². The number of nitrogens with zero attached hydrogens (tertiary/aromatic N) is 2. The topological polar surface area (TPSA) is 46.5 Å². The predicted molar refractivity (Wildman–Crippen MR) is 95.7 cm³/mol. The highest BCUT2D eigenvalue weighted by atomic mass is 35.5. The molecule has 0 atom stereocenters. The third kappa shape index (κ3) is 4.03. The van der Waals surface area contributed by atoms with E-state index in [0.717, 1.165) is 16.6 Å². The molecule has 2 aromatic carbocycles. The van der Waals surface area contributed by atoms with Crippen LogP contribution in [-0.2, 0) is 0 Å². The normalized spacial score (nSPS) is 11.8. The highest BCUT2D eigenvalue weighted by Gasteiger charge is 2.11. The van der Waals surface area contributed by atoms with Crippen molar-refractivity contribution in [1.29, 1.82) is 0 Å². The molecule has 0 aliphatic carbocycles. The summed E-state index contributed by atoms with van der Waals surface area (Å²) in [5.41, 5.74) is 5.40. The van der Waals surface area contributed by atoms with Crippen molar-refractivity contribution < 1.29 is 13.5 Å². The van der Waals surface area contributed by atoms with E-state index in [2.05, 4.69) is 20.2 Å². The Morgan fingerprint density at radius 1 is 1.20 bits per heavy atom. The molecule has 0 radical (unpaired) electrons. The first kappa shape index (κ1) is 17.1. The molecule has 3 rings (SSSR count). The number of anilines is 1. The first-order valence-electron chi connectivity index (χ1n) is 7.43. The number of benzene rings is 2. The van der Waals surface area contributed by atoms with Gasteiger partial charge in [0.1, 0.15) is 5.75 Å². The van der Waals surface area contributed by atoms with Crippen molar-refractivity contribution in [3.05, 3.63) is 65.3 Å². The summed E-state index contributed by atoms with van der Waals surface area (Å²) in [4.78, 5) is 4.26. The standard InChI is InChI=1S/C18H14ClF2N3O/c1-11(13-4-2-3-5-17(13)25-18(20)21)23-24-15-8-9-22-16-10-12(19)6-7-14(15)16/h2-10,18H,1H3,(H,22,24)/b23-11+. The summed E-state index contributed by atoms with van der Waals surface area (Å²) >= 11 is 5.97. The van der Waals surface area contributed by atoms with E-state index in [-0.39, 0.29) is 5.75 Å². The lowest BCUT2D eigenvalue weighted by molar-refractivity contribution is -0.0499. The number of halogens is 3. The van der Waals surface area contributed by atoms with E-state index < -0.39 is 6.61 Å². The van der Waals surface area contributed by atoms with Crippen LogP contribution in [-0.4, -0.2) is 17.3 Å². The number of pyridine rings is 1. The minimum absolute atomic E-state index is 0.0759. The Bertz CT molecular complexity index is 931. The number of fused-ring (bicyclic) bond motifs is 1. The highest BCUT2D eigenvalue weighted by Crippen LogP contribution is 2.25. The second-order valence-corrected chi connectivity index (χ2v) is 5.64. The van der Waals surface area contributed by atoms with Gasteiger partial charge in [0.25, 0.3) is 0 Å². The molecule has 0 spiro atoms. The van der Waals surface area contributed by atoms with Crippen LogP contribution >= 0.6 is 11.6 Å². The molecule has 1 aromatic heterocycles. The van der Waals surface area contributed by atoms with Crippen LogP contribution in [0.15, 0.2) is 59.8 Å². The fraction of sp³-hybridized carbons (Fsp3) is 0.111. The Labute approximate surface area is 148 Å². The summed E-state index contributed by atoms with van der Waals surface area (Å²) in [5, 5.41) is 5.73. The molecule has 0 aliphatic heterocycles. The number of hydrogen-bond donors (Lipinski definition) is 1. The molecule has 0 amide bonds. The zero-order valence-corrected chi connectivity index (χ0v) is 14.0. The lowest BCUT2D eigenvalue weighted by Gasteiger charge is -2.11. The minimum Gasteiger partial charge on any atom is -0.434 e. The van der Waals surface area contributed by atoms with Gasteiger partial charge in [0.05, 0.1) is 16.9 Å². The average Bonchev–Trinajstić information content (AvgIpc) is 2.59. The average molecular weight is 362 g/mol. The van der Waals surface area contributed by atoms with Crippen LogP contribution in [0.2, 0.25) is 5.02 Å². The molecular formula is C18H14ClF2N3O. The van der Waals surface area contributed by atoms with Gasteiger partial charge in [-0.15, -0.1) is 0 Å². The zero-order chi connectivity index (χ0) is 17.8. The van der Waals surface area contributed by atoms with E-state index in [1.807, 2.05) is 6.07 Å². The number of hydrogen-bond acceptors (Lipinski definition) is 4. The molecule has 7 heteroatoms. The van der Waals surface area contributed by atoms with Crippen molar-refractivity contribution >= 4 is 33.9 Å². The Hall–Kier alpha value is -2.73. The smallest absolute Gasteiger partial charge is 0.387 e. The molecule has 0 unspecified atom stereocenters. The fourth-order valence-corrected chi connectivity index (χ4v) is 2.55. The predicted octanol–water partition coefficient (Wildman–Crippen LogP) is 5.33. The molecule has 25 heavy (non-hydrogen) atoms. The molecule has 3 aromatic rings. The maximum absolute atomic E-state index is 12.5. The SMILES string of the molecule is C/C(=N\Nc1ccnc2cc(Cl)ccc12)c1ccccc1OC(F)F. The molecule has 1 heterocycles. The minimum atomic E-state index is -2.89. The van der Waals surface area contributed by atoms with Crippen molar-refractivity contribution in [2.24, 2.45) is 5.10 Å². The van der Waals surface area contributed by atoms with Crippen LogP contribution < -0.4 is 10.2 Å². The van der Waals surface area contributed by atoms with Gasteiger partial charge in [-0.25, -0.2) is 0 Å². The Morgan fingerprint density at radius 3 is 2.80 bits per heavy atom. The van der Waals surface area contributed by atoms with Crippen molar-refractivity contribution in [3.63, 3.8) is 0 Å². The van der Waals surface area contributed by atoms with Crippen LogP contribution in [0.3, 0.4) is 0 Å². The molecule has 4 nitrogen and oxygen atoms in total. The van der Waals surface area contributed by atoms with E-state index in [9.17, 15) is 8.78 Å². The van der Waals surface area contributed by atoms with Crippen LogP contribution in [0.4, 0.5) is 14.5 Å². The number of nitrogens with one attached hydrogen (secondary N) is 1. The first-order valence-corrected chi connectivity index (χ1v) is 7.81. The van der Waals surface area contributed by atoms with Crippen molar-refractivity contribution in [3.8, 4) is 5.75 Å². The quantitative estimate of drug-likeness (QED) is 0.493. The Kier molecular flexibility index (Phi) is 5.09. The summed E-state index contributed by atoms with van der Waals surface area (Å²) < 4.78 is 29.6. The molecule has 128 valence electrons. The van der Waals surface area contributed by atoms with Gasteiger partial charge in [-0.1, -0.05) is 23.7 Å². The first-order chi connectivity index (χ1) is 12.0. The van der Waals surface area contributed by atoms with Crippen molar-refractivity contribution in [2.45, 2.75) is 13.5 Å². The van der Waals surface area contributed by atoms with Gasteiger partial charge < -0.3 is 4.74 Å².